The van der Waals surface area contributed by atoms with E-state index in [4.69, 9.17) is 32.5 Å². The van der Waals surface area contributed by atoms with E-state index in [1.807, 2.05) is 0 Å². The van der Waals surface area contributed by atoms with Crippen molar-refractivity contribution in [2.75, 3.05) is 20.2 Å². The Morgan fingerprint density at radius 2 is 1.76 bits per heavy atom. The van der Waals surface area contributed by atoms with E-state index in [0.29, 0.717) is 26.9 Å². The molecule has 2 aromatic carbocycles. The van der Waals surface area contributed by atoms with Crippen LogP contribution in [0.2, 0.25) is 10.0 Å². The van der Waals surface area contributed by atoms with E-state index in [1.54, 1.807) is 36.4 Å². The van der Waals surface area contributed by atoms with Gasteiger partial charge in [-0.25, -0.2) is 0 Å². The summed E-state index contributed by atoms with van der Waals surface area (Å²) in [5.74, 6) is -0.475. The van der Waals surface area contributed by atoms with Crippen LogP contribution in [0.5, 0.6) is 5.75 Å². The first kappa shape index (κ1) is 20.6. The second kappa shape index (κ2) is 9.40. The van der Waals surface area contributed by atoms with Gasteiger partial charge < -0.3 is 19.9 Å². The van der Waals surface area contributed by atoms with Gasteiger partial charge in [0.2, 0.25) is 5.82 Å². The number of hydrogen-bond donors (Lipinski definition) is 2. The Labute approximate surface area is 176 Å². The van der Waals surface area contributed by atoms with Crippen LogP contribution in [0, 0.1) is 0 Å². The third kappa shape index (κ3) is 5.24. The lowest BCUT2D eigenvalue weighted by molar-refractivity contribution is 0.0897. The molecule has 150 valence electrons. The second-order valence-electron chi connectivity index (χ2n) is 5.79. The van der Waals surface area contributed by atoms with Crippen LogP contribution >= 0.6 is 23.2 Å². The number of amides is 2. The molecule has 1 aromatic heterocycles. The maximum absolute atomic E-state index is 12.3. The molecule has 0 fully saturated rings. The molecule has 3 aromatic rings. The highest BCUT2D eigenvalue weighted by atomic mass is 35.5. The van der Waals surface area contributed by atoms with Gasteiger partial charge in [0.25, 0.3) is 5.91 Å². The molecule has 1 heterocycles. The lowest BCUT2D eigenvalue weighted by Gasteiger charge is -2.09. The molecule has 0 saturated carbocycles. The lowest BCUT2D eigenvalue weighted by Crippen LogP contribution is -2.35. The van der Waals surface area contributed by atoms with Gasteiger partial charge in [0.05, 0.1) is 12.7 Å². The van der Waals surface area contributed by atoms with Crippen molar-refractivity contribution in [2.45, 2.75) is 0 Å². The van der Waals surface area contributed by atoms with Gasteiger partial charge in [0, 0.05) is 28.7 Å². The second-order valence-corrected chi connectivity index (χ2v) is 6.66. The highest BCUT2D eigenvalue weighted by Gasteiger charge is 2.16. The summed E-state index contributed by atoms with van der Waals surface area (Å²) in [4.78, 5) is 28.4. The monoisotopic (exact) mass is 434 g/mol. The van der Waals surface area contributed by atoms with E-state index >= 15 is 0 Å². The Morgan fingerprint density at radius 1 is 1.03 bits per heavy atom. The molecule has 2 amide bonds. The number of nitrogens with one attached hydrogen (secondary N) is 2. The van der Waals surface area contributed by atoms with Crippen LogP contribution < -0.4 is 15.4 Å². The van der Waals surface area contributed by atoms with Crippen molar-refractivity contribution in [1.82, 2.24) is 20.8 Å². The van der Waals surface area contributed by atoms with E-state index in [2.05, 4.69) is 20.8 Å². The van der Waals surface area contributed by atoms with Crippen molar-refractivity contribution in [1.29, 1.82) is 0 Å². The Bertz CT molecular complexity index is 1040. The van der Waals surface area contributed by atoms with Crippen molar-refractivity contribution >= 4 is 35.0 Å². The first-order valence-corrected chi connectivity index (χ1v) is 9.23. The minimum absolute atomic E-state index is 0.155. The Hall–Kier alpha value is -3.10. The largest absolute Gasteiger partial charge is 0.496 e. The summed E-state index contributed by atoms with van der Waals surface area (Å²) in [6.07, 6.45) is 0. The van der Waals surface area contributed by atoms with Crippen LogP contribution in [-0.4, -0.2) is 42.2 Å². The van der Waals surface area contributed by atoms with Crippen molar-refractivity contribution in [3.05, 3.63) is 64.0 Å². The zero-order chi connectivity index (χ0) is 20.8. The van der Waals surface area contributed by atoms with Crippen LogP contribution in [0.15, 0.2) is 47.0 Å². The number of ether oxygens (including phenoxy) is 1. The van der Waals surface area contributed by atoms with Gasteiger partial charge in [-0.3, -0.25) is 9.59 Å². The molecule has 0 bridgehead atoms. The summed E-state index contributed by atoms with van der Waals surface area (Å²) in [5, 5.41) is 9.96. The molecule has 0 aliphatic carbocycles. The molecule has 10 heteroatoms. The molecule has 29 heavy (non-hydrogen) atoms. The summed E-state index contributed by atoms with van der Waals surface area (Å²) in [6.45, 7) is 0.331. The fourth-order valence-electron chi connectivity index (χ4n) is 2.44. The van der Waals surface area contributed by atoms with Crippen molar-refractivity contribution in [2.24, 2.45) is 0 Å². The predicted molar refractivity (Wildman–Crippen MR) is 107 cm³/mol. The quantitative estimate of drug-likeness (QED) is 0.552. The summed E-state index contributed by atoms with van der Waals surface area (Å²) >= 11 is 11.9. The van der Waals surface area contributed by atoms with Crippen molar-refractivity contribution in [3.63, 3.8) is 0 Å². The molecule has 3 rings (SSSR count). The fraction of sp³-hybridized carbons (Fsp3) is 0.158. The highest BCUT2D eigenvalue weighted by Crippen LogP contribution is 2.22. The average molecular weight is 435 g/mol. The normalized spacial score (nSPS) is 10.4. The van der Waals surface area contributed by atoms with Crippen LogP contribution in [0.1, 0.15) is 21.0 Å². The first-order chi connectivity index (χ1) is 14.0. The number of carbonyl (C=O) groups is 2. The SMILES string of the molecule is COc1ccc(Cl)cc1C(=O)NCCNC(=O)c1nc(-c2cccc(Cl)c2)no1. The number of rotatable bonds is 7. The third-order valence-corrected chi connectivity index (χ3v) is 4.28. The smallest absolute Gasteiger partial charge is 0.316 e. The van der Waals surface area contributed by atoms with Crippen molar-refractivity contribution in [3.8, 4) is 17.1 Å². The number of hydrogen-bond acceptors (Lipinski definition) is 6. The molecular formula is C19H16Cl2N4O4. The molecule has 0 radical (unpaired) electrons. The maximum Gasteiger partial charge on any atom is 0.316 e. The van der Waals surface area contributed by atoms with Gasteiger partial charge in [-0.05, 0) is 30.3 Å². The zero-order valence-electron chi connectivity index (χ0n) is 15.2. The zero-order valence-corrected chi connectivity index (χ0v) is 16.8. The number of halogens is 2. The lowest BCUT2D eigenvalue weighted by atomic mass is 10.2. The van der Waals surface area contributed by atoms with Crippen LogP contribution in [-0.2, 0) is 0 Å². The molecule has 0 spiro atoms. The van der Waals surface area contributed by atoms with Crippen molar-refractivity contribution < 1.29 is 18.8 Å². The van der Waals surface area contributed by atoms with E-state index in [0.717, 1.165) is 0 Å². The average Bonchev–Trinajstić information content (AvgIpc) is 3.21. The van der Waals surface area contributed by atoms with Crippen LogP contribution in [0.25, 0.3) is 11.4 Å². The summed E-state index contributed by atoms with van der Waals surface area (Å²) < 4.78 is 10.1. The fourth-order valence-corrected chi connectivity index (χ4v) is 2.80. The van der Waals surface area contributed by atoms with E-state index in [1.165, 1.54) is 13.2 Å². The molecule has 0 aliphatic heterocycles. The molecule has 0 atom stereocenters. The Balaban J connectivity index is 1.52. The number of carbonyl (C=O) groups excluding carboxylic acids is 2. The Morgan fingerprint density at radius 3 is 2.48 bits per heavy atom. The van der Waals surface area contributed by atoms with E-state index in [-0.39, 0.29) is 30.7 Å². The van der Waals surface area contributed by atoms with Gasteiger partial charge in [-0.2, -0.15) is 4.98 Å². The summed E-state index contributed by atoms with van der Waals surface area (Å²) in [5.41, 5.74) is 0.928. The number of nitrogens with zero attached hydrogens (tertiary/aromatic N) is 2. The minimum atomic E-state index is -0.555. The molecular weight excluding hydrogens is 419 g/mol. The van der Waals surface area contributed by atoms with Gasteiger partial charge in [-0.15, -0.1) is 0 Å². The van der Waals surface area contributed by atoms with Gasteiger partial charge in [0.1, 0.15) is 5.75 Å². The number of benzene rings is 2. The minimum Gasteiger partial charge on any atom is -0.496 e. The van der Waals surface area contributed by atoms with Gasteiger partial charge in [0.15, 0.2) is 0 Å². The van der Waals surface area contributed by atoms with Crippen LogP contribution in [0.3, 0.4) is 0 Å². The molecule has 0 saturated heterocycles. The van der Waals surface area contributed by atoms with E-state index < -0.39 is 5.91 Å². The molecule has 2 N–H and O–H groups in total. The standard InChI is InChI=1S/C19H16Cl2N4O4/c1-28-15-6-5-13(21)10-14(15)17(26)22-7-8-23-18(27)19-24-16(25-29-19)11-3-2-4-12(20)9-11/h2-6,9-10H,7-8H2,1H3,(H,22,26)(H,23,27). The molecule has 0 unspecified atom stereocenters. The topological polar surface area (TPSA) is 106 Å². The van der Waals surface area contributed by atoms with Gasteiger partial charge >= 0.3 is 11.8 Å². The number of aromatic nitrogens is 2. The van der Waals surface area contributed by atoms with E-state index in [9.17, 15) is 9.59 Å². The predicted octanol–water partition coefficient (Wildman–Crippen LogP) is 3.21. The first-order valence-electron chi connectivity index (χ1n) is 8.47. The number of methoxy groups -OCH3 is 1. The summed E-state index contributed by atoms with van der Waals surface area (Å²) in [6, 6.07) is 11.6. The summed E-state index contributed by atoms with van der Waals surface area (Å²) in [7, 11) is 1.46. The third-order valence-electron chi connectivity index (χ3n) is 3.81. The van der Waals surface area contributed by atoms with Crippen LogP contribution in [0.4, 0.5) is 0 Å². The Kier molecular flexibility index (Phi) is 6.69. The maximum atomic E-state index is 12.3. The molecule has 0 aliphatic rings. The van der Waals surface area contributed by atoms with Gasteiger partial charge in [-0.1, -0.05) is 40.5 Å². The highest BCUT2D eigenvalue weighted by molar-refractivity contribution is 6.31. The molecule has 8 nitrogen and oxygen atoms in total.